The number of benzene rings is 1. The number of hydrogen-bond acceptors (Lipinski definition) is 5. The molecule has 1 aromatic carbocycles. The standard InChI is InChI=1S/C26H35N3O3/c1-18-19(2)23(31-3)12-11-20(18)16-29-14-6-8-21(17-29)25(22-9-4-5-13-27-22)28-26(30)24-10-7-15-32-24/h4-5,9,11-13,21,24-25H,6-8,10,14-17H2,1-3H3,(H,28,30)/t21-,24+,25-/m0/s1. The van der Waals surface area contributed by atoms with Crippen molar-refractivity contribution in [3.8, 4) is 5.75 Å². The fraction of sp³-hybridized carbons (Fsp3) is 0.538. The number of methoxy groups -OCH3 is 1. The smallest absolute Gasteiger partial charge is 0.249 e. The van der Waals surface area contributed by atoms with Crippen LogP contribution < -0.4 is 10.1 Å². The van der Waals surface area contributed by atoms with Crippen LogP contribution in [0.25, 0.3) is 0 Å². The fourth-order valence-electron chi connectivity index (χ4n) is 5.02. The number of nitrogens with zero attached hydrogens (tertiary/aromatic N) is 2. The van der Waals surface area contributed by atoms with E-state index in [0.29, 0.717) is 12.5 Å². The Bertz CT molecular complexity index is 912. The van der Waals surface area contributed by atoms with E-state index in [4.69, 9.17) is 9.47 Å². The van der Waals surface area contributed by atoms with Gasteiger partial charge < -0.3 is 14.8 Å². The molecule has 6 heteroatoms. The van der Waals surface area contributed by atoms with Crippen LogP contribution in [0.2, 0.25) is 0 Å². The first-order chi connectivity index (χ1) is 15.6. The number of rotatable bonds is 7. The van der Waals surface area contributed by atoms with E-state index in [0.717, 1.165) is 56.8 Å². The van der Waals surface area contributed by atoms with Gasteiger partial charge in [0.25, 0.3) is 0 Å². The molecule has 0 aliphatic carbocycles. The Hall–Kier alpha value is -2.44. The first-order valence-electron chi connectivity index (χ1n) is 11.7. The number of carbonyl (C=O) groups is 1. The van der Waals surface area contributed by atoms with E-state index >= 15 is 0 Å². The number of likely N-dealkylation sites (tertiary alicyclic amines) is 1. The van der Waals surface area contributed by atoms with Gasteiger partial charge in [-0.05, 0) is 86.9 Å². The molecule has 4 rings (SSSR count). The van der Waals surface area contributed by atoms with E-state index < -0.39 is 0 Å². The molecule has 1 aromatic heterocycles. The summed E-state index contributed by atoms with van der Waals surface area (Å²) in [6.07, 6.45) is 5.41. The quantitative estimate of drug-likeness (QED) is 0.711. The lowest BCUT2D eigenvalue weighted by molar-refractivity contribution is -0.131. The van der Waals surface area contributed by atoms with Gasteiger partial charge in [-0.15, -0.1) is 0 Å². The van der Waals surface area contributed by atoms with E-state index in [2.05, 4.69) is 41.2 Å². The Balaban J connectivity index is 1.49. The van der Waals surface area contributed by atoms with Gasteiger partial charge in [-0.25, -0.2) is 0 Å². The van der Waals surface area contributed by atoms with Crippen molar-refractivity contribution in [1.82, 2.24) is 15.2 Å². The van der Waals surface area contributed by atoms with Gasteiger partial charge in [-0.2, -0.15) is 0 Å². The van der Waals surface area contributed by atoms with E-state index in [9.17, 15) is 4.79 Å². The minimum absolute atomic E-state index is 0.00287. The predicted molar refractivity (Wildman–Crippen MR) is 125 cm³/mol. The molecule has 0 bridgehead atoms. The van der Waals surface area contributed by atoms with Gasteiger partial charge in [-0.3, -0.25) is 14.7 Å². The predicted octanol–water partition coefficient (Wildman–Crippen LogP) is 3.96. The van der Waals surface area contributed by atoms with Crippen LogP contribution in [0.5, 0.6) is 5.75 Å². The molecule has 172 valence electrons. The van der Waals surface area contributed by atoms with Crippen molar-refractivity contribution < 1.29 is 14.3 Å². The molecule has 2 saturated heterocycles. The number of hydrogen-bond donors (Lipinski definition) is 1. The van der Waals surface area contributed by atoms with Crippen molar-refractivity contribution in [3.63, 3.8) is 0 Å². The van der Waals surface area contributed by atoms with Crippen molar-refractivity contribution in [2.24, 2.45) is 5.92 Å². The molecule has 32 heavy (non-hydrogen) atoms. The van der Waals surface area contributed by atoms with Crippen LogP contribution in [-0.2, 0) is 16.1 Å². The maximum Gasteiger partial charge on any atom is 0.249 e. The van der Waals surface area contributed by atoms with Gasteiger partial charge >= 0.3 is 0 Å². The van der Waals surface area contributed by atoms with Crippen molar-refractivity contribution in [3.05, 3.63) is 58.9 Å². The number of amides is 1. The molecule has 3 heterocycles. The summed E-state index contributed by atoms with van der Waals surface area (Å²) in [5.74, 6) is 1.25. The molecule has 6 nitrogen and oxygen atoms in total. The molecule has 0 spiro atoms. The Labute approximate surface area is 191 Å². The van der Waals surface area contributed by atoms with Crippen LogP contribution in [0.4, 0.5) is 0 Å². The number of nitrogens with one attached hydrogen (secondary N) is 1. The highest BCUT2D eigenvalue weighted by molar-refractivity contribution is 5.81. The molecule has 3 atom stereocenters. The molecule has 1 amide bonds. The molecule has 2 aliphatic rings. The van der Waals surface area contributed by atoms with Gasteiger partial charge in [0, 0.05) is 25.9 Å². The second kappa shape index (κ2) is 10.5. The lowest BCUT2D eigenvalue weighted by atomic mass is 9.87. The summed E-state index contributed by atoms with van der Waals surface area (Å²) in [6, 6.07) is 10.1. The van der Waals surface area contributed by atoms with Gasteiger partial charge in [0.2, 0.25) is 5.91 Å². The number of piperidine rings is 1. The second-order valence-electron chi connectivity index (χ2n) is 9.06. The zero-order valence-electron chi connectivity index (χ0n) is 19.5. The van der Waals surface area contributed by atoms with Crippen LogP contribution in [0, 0.1) is 19.8 Å². The molecular formula is C26H35N3O3. The third-order valence-corrected chi connectivity index (χ3v) is 7.00. The Kier molecular flexibility index (Phi) is 7.43. The highest BCUT2D eigenvalue weighted by atomic mass is 16.5. The van der Waals surface area contributed by atoms with Gasteiger partial charge in [-0.1, -0.05) is 12.1 Å². The molecule has 0 saturated carbocycles. The molecular weight excluding hydrogens is 402 g/mol. The van der Waals surface area contributed by atoms with Crippen molar-refractivity contribution in [2.75, 3.05) is 26.8 Å². The lowest BCUT2D eigenvalue weighted by Gasteiger charge is -2.37. The number of aromatic nitrogens is 1. The van der Waals surface area contributed by atoms with Crippen LogP contribution in [0.1, 0.15) is 54.1 Å². The molecule has 0 unspecified atom stereocenters. The highest BCUT2D eigenvalue weighted by Gasteiger charge is 2.33. The zero-order valence-corrected chi connectivity index (χ0v) is 19.5. The first kappa shape index (κ1) is 22.7. The average Bonchev–Trinajstić information content (AvgIpc) is 3.37. The monoisotopic (exact) mass is 437 g/mol. The second-order valence-corrected chi connectivity index (χ2v) is 9.06. The third kappa shape index (κ3) is 5.13. The minimum Gasteiger partial charge on any atom is -0.496 e. The normalized spacial score (nSPS) is 22.5. The zero-order chi connectivity index (χ0) is 22.5. The van der Waals surface area contributed by atoms with Crippen LogP contribution in [0.3, 0.4) is 0 Å². The average molecular weight is 438 g/mol. The lowest BCUT2D eigenvalue weighted by Crippen LogP contribution is -2.45. The maximum atomic E-state index is 12.9. The summed E-state index contributed by atoms with van der Waals surface area (Å²) >= 11 is 0. The van der Waals surface area contributed by atoms with Crippen molar-refractivity contribution >= 4 is 5.91 Å². The van der Waals surface area contributed by atoms with Crippen LogP contribution >= 0.6 is 0 Å². The van der Waals surface area contributed by atoms with Crippen molar-refractivity contribution in [1.29, 1.82) is 0 Å². The number of ether oxygens (including phenoxy) is 2. The number of pyridine rings is 1. The summed E-state index contributed by atoms with van der Waals surface area (Å²) < 4.78 is 11.1. The highest BCUT2D eigenvalue weighted by Crippen LogP contribution is 2.31. The van der Waals surface area contributed by atoms with Gasteiger partial charge in [0.15, 0.2) is 0 Å². The molecule has 1 N–H and O–H groups in total. The third-order valence-electron chi connectivity index (χ3n) is 7.00. The largest absolute Gasteiger partial charge is 0.496 e. The summed E-state index contributed by atoms with van der Waals surface area (Å²) in [5.41, 5.74) is 4.76. The molecule has 2 aliphatic heterocycles. The molecule has 0 radical (unpaired) electrons. The van der Waals surface area contributed by atoms with E-state index in [1.54, 1.807) is 7.11 Å². The number of carbonyl (C=O) groups excluding carboxylic acids is 1. The summed E-state index contributed by atoms with van der Waals surface area (Å²) in [5, 5.41) is 3.30. The Morgan fingerprint density at radius 3 is 2.81 bits per heavy atom. The SMILES string of the molecule is COc1ccc(CN2CCC[C@H]([C@H](NC(=O)[C@H]3CCCO3)c3ccccn3)C2)c(C)c1C. The fourth-order valence-corrected chi connectivity index (χ4v) is 5.02. The summed E-state index contributed by atoms with van der Waals surface area (Å²) in [6.45, 7) is 7.86. The minimum atomic E-state index is -0.328. The maximum absolute atomic E-state index is 12.9. The molecule has 2 aromatic rings. The first-order valence-corrected chi connectivity index (χ1v) is 11.7. The molecule has 2 fully saturated rings. The summed E-state index contributed by atoms with van der Waals surface area (Å²) in [7, 11) is 1.72. The van der Waals surface area contributed by atoms with E-state index in [1.807, 2.05) is 24.4 Å². The van der Waals surface area contributed by atoms with Crippen LogP contribution in [-0.4, -0.2) is 48.7 Å². The van der Waals surface area contributed by atoms with E-state index in [-0.39, 0.29) is 18.1 Å². The van der Waals surface area contributed by atoms with Gasteiger partial charge in [0.1, 0.15) is 11.9 Å². The topological polar surface area (TPSA) is 63.7 Å². The summed E-state index contributed by atoms with van der Waals surface area (Å²) in [4.78, 5) is 20.0. The van der Waals surface area contributed by atoms with E-state index in [1.165, 1.54) is 16.7 Å². The Morgan fingerprint density at radius 2 is 2.09 bits per heavy atom. The van der Waals surface area contributed by atoms with Crippen molar-refractivity contribution in [2.45, 2.75) is 58.2 Å². The van der Waals surface area contributed by atoms with Crippen LogP contribution in [0.15, 0.2) is 36.5 Å². The Morgan fingerprint density at radius 1 is 1.22 bits per heavy atom. The van der Waals surface area contributed by atoms with Gasteiger partial charge in [0.05, 0.1) is 18.8 Å².